The van der Waals surface area contributed by atoms with Crippen LogP contribution < -0.4 is 15.5 Å². The van der Waals surface area contributed by atoms with Crippen LogP contribution in [0.15, 0.2) is 65.3 Å². The molecule has 1 aromatic carbocycles. The van der Waals surface area contributed by atoms with Crippen molar-refractivity contribution in [1.82, 2.24) is 15.8 Å². The van der Waals surface area contributed by atoms with Crippen LogP contribution in [0.3, 0.4) is 0 Å². The molecule has 3 N–H and O–H groups in total. The maximum Gasteiger partial charge on any atom is 0.333 e. The van der Waals surface area contributed by atoms with E-state index in [0.717, 1.165) is 17.6 Å². The van der Waals surface area contributed by atoms with Gasteiger partial charge in [0.05, 0.1) is 56.1 Å². The van der Waals surface area contributed by atoms with Crippen LogP contribution in [0.5, 0.6) is 5.75 Å². The summed E-state index contributed by atoms with van der Waals surface area (Å²) in [7, 11) is 0. The molecule has 1 spiro atoms. The molecule has 0 aliphatic carbocycles. The van der Waals surface area contributed by atoms with E-state index in [4.69, 9.17) is 28.5 Å². The van der Waals surface area contributed by atoms with E-state index in [9.17, 15) is 33.9 Å². The van der Waals surface area contributed by atoms with E-state index in [0.29, 0.717) is 42.4 Å². The Balaban J connectivity index is 1.03. The van der Waals surface area contributed by atoms with Gasteiger partial charge in [-0.25, -0.2) is 10.2 Å². The molecule has 9 atom stereocenters. The highest BCUT2D eigenvalue weighted by Crippen LogP contribution is 2.43. The number of nitrogens with zero attached hydrogens (tertiary/aromatic N) is 2. The van der Waals surface area contributed by atoms with Gasteiger partial charge in [-0.05, 0) is 88.8 Å². The molecule has 17 nitrogen and oxygen atoms in total. The fraction of sp³-hybridized carbons (Fsp3) is 0.568. The lowest BCUT2D eigenvalue weighted by atomic mass is 9.87. The molecule has 4 aliphatic heterocycles. The summed E-state index contributed by atoms with van der Waals surface area (Å²) >= 11 is 0. The van der Waals surface area contributed by atoms with Crippen molar-refractivity contribution in [2.45, 2.75) is 141 Å². The number of nitrogens with one attached hydrogen (secondary N) is 2. The number of aliphatic hydroxyl groups excluding tert-OH is 1. The lowest BCUT2D eigenvalue weighted by Gasteiger charge is -2.39. The molecule has 332 valence electrons. The molecule has 5 rings (SSSR count). The topological polar surface area (TPSA) is 221 Å². The second-order valence-electron chi connectivity index (χ2n) is 16.1. The van der Waals surface area contributed by atoms with Gasteiger partial charge in [0.1, 0.15) is 29.7 Å². The molecule has 0 radical (unpaired) electrons. The zero-order valence-electron chi connectivity index (χ0n) is 35.6. The standard InChI is InChI=1S/C44H58N4O13/c1-26(9-16-36-27(2)22-35(30(5)59-36)45-38(50)18-11-28(3)58-31(6)49)10-17-37-43(55)44(25-57-44)24-34(60-37)23-39(51)47-46-29(4)32-12-14-33(15-13-32)56-21-7-8-42(54)61-48-40(52)19-20-41(48)53/h9-15,17-18,27-28,30,34-37,43,55H,7-8,16,19-25H2,1-6H3,(H,45,50)(H,47,51)/b17-10+,18-11-,26-9+,46-29-/t27-,28-,30+,34+,35+,36-,37+,43+,44+/m0/s1. The predicted molar refractivity (Wildman–Crippen MR) is 219 cm³/mol. The molecule has 0 saturated carbocycles. The van der Waals surface area contributed by atoms with E-state index in [1.165, 1.54) is 19.1 Å². The summed E-state index contributed by atoms with van der Waals surface area (Å²) in [6.45, 7) is 11.3. The molecule has 4 heterocycles. The minimum atomic E-state index is -0.896. The summed E-state index contributed by atoms with van der Waals surface area (Å²) in [5.74, 6) is -2.05. The summed E-state index contributed by atoms with van der Waals surface area (Å²) in [5, 5.41) is 18.9. The zero-order chi connectivity index (χ0) is 44.3. The number of ether oxygens (including phenoxy) is 5. The Bertz CT molecular complexity index is 1870. The SMILES string of the molecule is CC(=O)O[C@@H](C)/C=C\C(=O)N[C@@H]1C[C@H](C)[C@H](C/C=C(C)/C=C/[C@H]2O[C@H](CC(=O)N/N=C(/C)c3ccc(OCCCC(=O)ON4C(=O)CCC4=O)cc3)C[C@@]3(CO3)[C@@H]2O)O[C@@H]1C. The Hall–Kier alpha value is -5.23. The monoisotopic (exact) mass is 850 g/mol. The van der Waals surface area contributed by atoms with E-state index in [2.05, 4.69) is 28.8 Å². The molecular weight excluding hydrogens is 792 g/mol. The third-order valence-electron chi connectivity index (χ3n) is 10.9. The first-order valence-corrected chi connectivity index (χ1v) is 20.8. The van der Waals surface area contributed by atoms with Gasteiger partial charge >= 0.3 is 11.9 Å². The van der Waals surface area contributed by atoms with E-state index in [1.54, 1.807) is 44.2 Å². The van der Waals surface area contributed by atoms with E-state index >= 15 is 0 Å². The second-order valence-corrected chi connectivity index (χ2v) is 16.1. The smallest absolute Gasteiger partial charge is 0.333 e. The summed E-state index contributed by atoms with van der Waals surface area (Å²) in [5.41, 5.74) is 4.09. The normalized spacial score (nSPS) is 28.6. The number of hydrogen-bond acceptors (Lipinski definition) is 14. The molecular formula is C44H58N4O13. The zero-order valence-corrected chi connectivity index (χ0v) is 35.6. The molecule has 1 aromatic rings. The highest BCUT2D eigenvalue weighted by Gasteiger charge is 2.58. The molecule has 4 aliphatic rings. The Morgan fingerprint density at radius 2 is 1.75 bits per heavy atom. The average molecular weight is 851 g/mol. The Kier molecular flexibility index (Phi) is 16.5. The number of hydrogen-bond donors (Lipinski definition) is 3. The minimum Gasteiger partial charge on any atom is -0.494 e. The number of allylic oxidation sites excluding steroid dienone is 2. The van der Waals surface area contributed by atoms with Crippen LogP contribution in [0.2, 0.25) is 0 Å². The van der Waals surface area contributed by atoms with Gasteiger partial charge in [-0.3, -0.25) is 24.0 Å². The number of carbonyl (C=O) groups is 6. The van der Waals surface area contributed by atoms with Gasteiger partial charge in [0.15, 0.2) is 0 Å². The first-order chi connectivity index (χ1) is 29.0. The minimum absolute atomic E-state index is 0.0129. The predicted octanol–water partition coefficient (Wildman–Crippen LogP) is 3.67. The van der Waals surface area contributed by atoms with Crippen molar-refractivity contribution in [2.75, 3.05) is 13.2 Å². The lowest BCUT2D eigenvalue weighted by molar-refractivity contribution is -0.197. The van der Waals surface area contributed by atoms with Crippen molar-refractivity contribution in [3.05, 3.63) is 65.8 Å². The number of esters is 1. The second kappa shape index (κ2) is 21.5. The molecule has 4 fully saturated rings. The van der Waals surface area contributed by atoms with Crippen LogP contribution >= 0.6 is 0 Å². The fourth-order valence-corrected chi connectivity index (χ4v) is 7.35. The summed E-state index contributed by atoms with van der Waals surface area (Å²) in [4.78, 5) is 76.6. The average Bonchev–Trinajstić information content (AvgIpc) is 3.92. The number of aliphatic hydroxyl groups is 1. The summed E-state index contributed by atoms with van der Waals surface area (Å²) < 4.78 is 28.9. The van der Waals surface area contributed by atoms with Gasteiger partial charge in [-0.2, -0.15) is 5.10 Å². The molecule has 61 heavy (non-hydrogen) atoms. The fourth-order valence-electron chi connectivity index (χ4n) is 7.35. The van der Waals surface area contributed by atoms with Crippen molar-refractivity contribution in [3.8, 4) is 5.75 Å². The van der Waals surface area contributed by atoms with E-state index in [1.807, 2.05) is 19.9 Å². The van der Waals surface area contributed by atoms with E-state index < -0.39 is 53.8 Å². The molecule has 4 saturated heterocycles. The van der Waals surface area contributed by atoms with Crippen molar-refractivity contribution in [1.29, 1.82) is 0 Å². The number of benzene rings is 1. The van der Waals surface area contributed by atoms with Crippen LogP contribution in [-0.2, 0) is 52.6 Å². The van der Waals surface area contributed by atoms with Gasteiger partial charge in [-0.15, -0.1) is 5.06 Å². The largest absolute Gasteiger partial charge is 0.494 e. The Labute approximate surface area is 355 Å². The summed E-state index contributed by atoms with van der Waals surface area (Å²) in [6.07, 6.45) is 7.93. The molecule has 17 heteroatoms. The van der Waals surface area contributed by atoms with Gasteiger partial charge in [0, 0.05) is 32.3 Å². The van der Waals surface area contributed by atoms with Gasteiger partial charge in [0.2, 0.25) is 11.8 Å². The van der Waals surface area contributed by atoms with Crippen LogP contribution in [0.4, 0.5) is 0 Å². The maximum atomic E-state index is 13.0. The Morgan fingerprint density at radius 1 is 1.05 bits per heavy atom. The molecule has 4 amide bonds. The van der Waals surface area contributed by atoms with Crippen LogP contribution in [0.1, 0.15) is 98.5 Å². The molecule has 0 unspecified atom stereocenters. The van der Waals surface area contributed by atoms with Gasteiger partial charge < -0.3 is 38.9 Å². The Morgan fingerprint density at radius 3 is 2.43 bits per heavy atom. The quantitative estimate of drug-likeness (QED) is 0.0281. The van der Waals surface area contributed by atoms with E-state index in [-0.39, 0.29) is 68.3 Å². The summed E-state index contributed by atoms with van der Waals surface area (Å²) in [6, 6.07) is 6.87. The first-order valence-electron chi connectivity index (χ1n) is 20.8. The number of rotatable bonds is 18. The van der Waals surface area contributed by atoms with Gasteiger partial charge in [-0.1, -0.05) is 30.7 Å². The number of imide groups is 1. The number of carbonyl (C=O) groups excluding carboxylic acids is 6. The number of amides is 4. The van der Waals surface area contributed by atoms with Crippen molar-refractivity contribution < 1.29 is 62.4 Å². The maximum absolute atomic E-state index is 13.0. The third kappa shape index (κ3) is 13.9. The van der Waals surface area contributed by atoms with Crippen LogP contribution in [0.25, 0.3) is 0 Å². The number of hydrazone groups is 1. The highest BCUT2D eigenvalue weighted by molar-refractivity contribution is 6.01. The third-order valence-corrected chi connectivity index (χ3v) is 10.9. The number of epoxide rings is 1. The highest BCUT2D eigenvalue weighted by atomic mass is 16.7. The van der Waals surface area contributed by atoms with Crippen LogP contribution in [-0.4, -0.2) is 113 Å². The molecule has 0 bridgehead atoms. The lowest BCUT2D eigenvalue weighted by Crippen LogP contribution is -2.50. The first kappa shape index (κ1) is 46.8. The van der Waals surface area contributed by atoms with Gasteiger partial charge in [0.25, 0.3) is 11.8 Å². The number of hydroxylamine groups is 2. The van der Waals surface area contributed by atoms with Crippen molar-refractivity contribution >= 4 is 41.3 Å². The molecule has 0 aromatic heterocycles. The van der Waals surface area contributed by atoms with Crippen molar-refractivity contribution in [3.63, 3.8) is 0 Å². The van der Waals surface area contributed by atoms with Crippen LogP contribution in [0, 0.1) is 5.92 Å². The van der Waals surface area contributed by atoms with Crippen molar-refractivity contribution in [2.24, 2.45) is 11.0 Å².